The smallest absolute Gasteiger partial charge is 0.261 e. The number of anilines is 1. The van der Waals surface area contributed by atoms with Crippen LogP contribution in [0, 0.1) is 6.92 Å². The molecule has 6 heteroatoms. The number of aryl methyl sites for hydroxylation is 1. The minimum absolute atomic E-state index is 0.0373. The Morgan fingerprint density at radius 3 is 2.16 bits per heavy atom. The predicted molar refractivity (Wildman–Crippen MR) is 125 cm³/mol. The van der Waals surface area contributed by atoms with E-state index in [-0.39, 0.29) is 21.8 Å². The van der Waals surface area contributed by atoms with Gasteiger partial charge in [-0.15, -0.1) is 0 Å². The molecule has 0 saturated heterocycles. The summed E-state index contributed by atoms with van der Waals surface area (Å²) in [6, 6.07) is 21.2. The number of sulfonamides is 1. The lowest BCUT2D eigenvalue weighted by molar-refractivity contribution is 0.0950. The molecular weight excluding hydrogens is 408 g/mol. The molecule has 3 aromatic rings. The van der Waals surface area contributed by atoms with Gasteiger partial charge in [-0.3, -0.25) is 9.52 Å². The Bertz CT molecular complexity index is 1160. The van der Waals surface area contributed by atoms with Crippen molar-refractivity contribution in [1.82, 2.24) is 5.32 Å². The highest BCUT2D eigenvalue weighted by atomic mass is 32.2. The monoisotopic (exact) mass is 436 g/mol. The van der Waals surface area contributed by atoms with E-state index in [0.29, 0.717) is 12.2 Å². The second kappa shape index (κ2) is 8.94. The van der Waals surface area contributed by atoms with E-state index in [9.17, 15) is 13.2 Å². The van der Waals surface area contributed by atoms with Crippen LogP contribution in [0.2, 0.25) is 0 Å². The Hall–Kier alpha value is -3.12. The third-order valence-electron chi connectivity index (χ3n) is 4.98. The van der Waals surface area contributed by atoms with Crippen LogP contribution in [0.5, 0.6) is 0 Å². The fraction of sp³-hybridized carbons (Fsp3) is 0.240. The standard InChI is InChI=1S/C25H28N2O3S/c1-18-8-14-22(15-9-18)27-31(29,30)23-7-5-6-20(16-23)24(28)26-17-19-10-12-21(13-11-19)25(2,3)4/h5-16,27H,17H2,1-4H3,(H,26,28). The maximum absolute atomic E-state index is 12.7. The van der Waals surface area contributed by atoms with Crippen LogP contribution < -0.4 is 10.0 Å². The summed E-state index contributed by atoms with van der Waals surface area (Å²) in [6.07, 6.45) is 0. The van der Waals surface area contributed by atoms with Crippen molar-refractivity contribution in [2.75, 3.05) is 4.72 Å². The molecule has 0 heterocycles. The maximum atomic E-state index is 12.7. The average Bonchev–Trinajstić information content (AvgIpc) is 2.73. The molecule has 0 saturated carbocycles. The third-order valence-corrected chi connectivity index (χ3v) is 6.36. The average molecular weight is 437 g/mol. The van der Waals surface area contributed by atoms with Gasteiger partial charge >= 0.3 is 0 Å². The van der Waals surface area contributed by atoms with Gasteiger partial charge in [0.2, 0.25) is 0 Å². The van der Waals surface area contributed by atoms with Crippen molar-refractivity contribution in [3.63, 3.8) is 0 Å². The largest absolute Gasteiger partial charge is 0.348 e. The molecule has 0 aliphatic heterocycles. The minimum atomic E-state index is -3.80. The van der Waals surface area contributed by atoms with Crippen LogP contribution in [-0.4, -0.2) is 14.3 Å². The number of amides is 1. The summed E-state index contributed by atoms with van der Waals surface area (Å²) < 4.78 is 28.0. The highest BCUT2D eigenvalue weighted by molar-refractivity contribution is 7.92. The third kappa shape index (κ3) is 5.95. The lowest BCUT2D eigenvalue weighted by Crippen LogP contribution is -2.23. The van der Waals surface area contributed by atoms with E-state index in [1.54, 1.807) is 24.3 Å². The topological polar surface area (TPSA) is 75.3 Å². The van der Waals surface area contributed by atoms with Gasteiger partial charge in [0.15, 0.2) is 0 Å². The number of benzene rings is 3. The molecule has 2 N–H and O–H groups in total. The highest BCUT2D eigenvalue weighted by Gasteiger charge is 2.17. The Balaban J connectivity index is 1.69. The highest BCUT2D eigenvalue weighted by Crippen LogP contribution is 2.22. The van der Waals surface area contributed by atoms with Crippen molar-refractivity contribution in [3.8, 4) is 0 Å². The minimum Gasteiger partial charge on any atom is -0.348 e. The van der Waals surface area contributed by atoms with E-state index >= 15 is 0 Å². The molecule has 0 unspecified atom stereocenters. The van der Waals surface area contributed by atoms with Crippen LogP contribution in [0.15, 0.2) is 77.7 Å². The lowest BCUT2D eigenvalue weighted by atomic mass is 9.87. The molecule has 3 rings (SSSR count). The van der Waals surface area contributed by atoms with E-state index in [4.69, 9.17) is 0 Å². The quantitative estimate of drug-likeness (QED) is 0.569. The summed E-state index contributed by atoms with van der Waals surface area (Å²) in [5.41, 5.74) is 4.07. The zero-order valence-electron chi connectivity index (χ0n) is 18.3. The van der Waals surface area contributed by atoms with Crippen LogP contribution in [0.3, 0.4) is 0 Å². The lowest BCUT2D eigenvalue weighted by Gasteiger charge is -2.19. The number of carbonyl (C=O) groups excluding carboxylic acids is 1. The Kier molecular flexibility index (Phi) is 6.51. The fourth-order valence-corrected chi connectivity index (χ4v) is 4.15. The first kappa shape index (κ1) is 22.6. The molecule has 0 aromatic heterocycles. The van der Waals surface area contributed by atoms with Gasteiger partial charge in [0.05, 0.1) is 4.90 Å². The molecule has 31 heavy (non-hydrogen) atoms. The zero-order chi connectivity index (χ0) is 22.6. The molecule has 5 nitrogen and oxygen atoms in total. The SMILES string of the molecule is Cc1ccc(NS(=O)(=O)c2cccc(C(=O)NCc3ccc(C(C)(C)C)cc3)c2)cc1. The van der Waals surface area contributed by atoms with Crippen LogP contribution >= 0.6 is 0 Å². The van der Waals surface area contributed by atoms with Gasteiger partial charge in [-0.2, -0.15) is 0 Å². The van der Waals surface area contributed by atoms with Crippen LogP contribution in [-0.2, 0) is 22.0 Å². The molecule has 0 atom stereocenters. The van der Waals surface area contributed by atoms with Gasteiger partial charge in [-0.25, -0.2) is 8.42 Å². The van der Waals surface area contributed by atoms with Crippen molar-refractivity contribution >= 4 is 21.6 Å². The molecule has 0 fully saturated rings. The van der Waals surface area contributed by atoms with E-state index < -0.39 is 10.0 Å². The van der Waals surface area contributed by atoms with Gasteiger partial charge in [-0.05, 0) is 53.8 Å². The summed E-state index contributed by atoms with van der Waals surface area (Å²) in [4.78, 5) is 12.6. The Morgan fingerprint density at radius 2 is 1.55 bits per heavy atom. The number of nitrogens with one attached hydrogen (secondary N) is 2. The number of hydrogen-bond donors (Lipinski definition) is 2. The predicted octanol–water partition coefficient (Wildman–Crippen LogP) is 5.02. The van der Waals surface area contributed by atoms with E-state index in [1.807, 2.05) is 31.2 Å². The van der Waals surface area contributed by atoms with Crippen molar-refractivity contribution < 1.29 is 13.2 Å². The summed E-state index contributed by atoms with van der Waals surface area (Å²) in [5.74, 6) is -0.327. The summed E-state index contributed by atoms with van der Waals surface area (Å²) >= 11 is 0. The molecule has 0 aliphatic rings. The van der Waals surface area contributed by atoms with Gasteiger partial charge in [-0.1, -0.05) is 68.8 Å². The normalized spacial score (nSPS) is 11.7. The van der Waals surface area contributed by atoms with Gasteiger partial charge in [0.25, 0.3) is 15.9 Å². The summed E-state index contributed by atoms with van der Waals surface area (Å²) in [6.45, 7) is 8.75. The molecular formula is C25H28N2O3S. The van der Waals surface area contributed by atoms with Crippen LogP contribution in [0.4, 0.5) is 5.69 Å². The second-order valence-electron chi connectivity index (χ2n) is 8.63. The molecule has 1 amide bonds. The first-order chi connectivity index (χ1) is 14.5. The van der Waals surface area contributed by atoms with Gasteiger partial charge in [0.1, 0.15) is 0 Å². The number of hydrogen-bond acceptors (Lipinski definition) is 3. The van der Waals surface area contributed by atoms with E-state index in [1.165, 1.54) is 17.7 Å². The van der Waals surface area contributed by atoms with Gasteiger partial charge in [0, 0.05) is 17.8 Å². The molecule has 0 radical (unpaired) electrons. The second-order valence-corrected chi connectivity index (χ2v) is 10.3. The molecule has 3 aromatic carbocycles. The van der Waals surface area contributed by atoms with Crippen molar-refractivity contribution in [2.24, 2.45) is 0 Å². The van der Waals surface area contributed by atoms with Gasteiger partial charge < -0.3 is 5.32 Å². The first-order valence-electron chi connectivity index (χ1n) is 10.1. The first-order valence-corrected chi connectivity index (χ1v) is 11.6. The van der Waals surface area contributed by atoms with Crippen LogP contribution in [0.25, 0.3) is 0 Å². The number of carbonyl (C=O) groups is 1. The molecule has 162 valence electrons. The maximum Gasteiger partial charge on any atom is 0.261 e. The summed E-state index contributed by atoms with van der Waals surface area (Å²) in [5, 5.41) is 2.85. The van der Waals surface area contributed by atoms with Crippen molar-refractivity contribution in [1.29, 1.82) is 0 Å². The number of rotatable bonds is 6. The molecule has 0 bridgehead atoms. The van der Waals surface area contributed by atoms with Crippen molar-refractivity contribution in [3.05, 3.63) is 95.1 Å². The zero-order valence-corrected chi connectivity index (χ0v) is 19.1. The Labute approximate surface area is 184 Å². The van der Waals surface area contributed by atoms with Crippen molar-refractivity contribution in [2.45, 2.75) is 44.6 Å². The summed E-state index contributed by atoms with van der Waals surface area (Å²) in [7, 11) is -3.80. The molecule has 0 aliphatic carbocycles. The fourth-order valence-electron chi connectivity index (χ4n) is 3.05. The van der Waals surface area contributed by atoms with Crippen LogP contribution in [0.1, 0.15) is 47.8 Å². The van der Waals surface area contributed by atoms with E-state index in [0.717, 1.165) is 11.1 Å². The Morgan fingerprint density at radius 1 is 0.903 bits per heavy atom. The van der Waals surface area contributed by atoms with E-state index in [2.05, 4.69) is 42.9 Å². The molecule has 0 spiro atoms.